The Morgan fingerprint density at radius 3 is 2.76 bits per heavy atom. The zero-order chi connectivity index (χ0) is 12.1. The molecule has 1 heterocycles. The van der Waals surface area contributed by atoms with Gasteiger partial charge in [-0.25, -0.2) is 4.39 Å². The zero-order valence-corrected chi connectivity index (χ0v) is 10.2. The molecular weight excluding hydrogens is 237 g/mol. The number of thiophene rings is 1. The maximum Gasteiger partial charge on any atom is 0.165 e. The van der Waals surface area contributed by atoms with E-state index in [4.69, 9.17) is 10.5 Å². The molecule has 0 saturated heterocycles. The Morgan fingerprint density at radius 2 is 2.12 bits per heavy atom. The Hall–Kier alpha value is -1.39. The number of halogens is 1. The first-order valence-electron chi connectivity index (χ1n) is 5.42. The van der Waals surface area contributed by atoms with Crippen LogP contribution < -0.4 is 10.5 Å². The SMILES string of the molecule is NCCc1ccc(OCc2ccsc2)c(F)c1. The number of rotatable bonds is 5. The predicted molar refractivity (Wildman–Crippen MR) is 67.8 cm³/mol. The third-order valence-corrected chi connectivity index (χ3v) is 3.14. The molecule has 0 saturated carbocycles. The average molecular weight is 251 g/mol. The van der Waals surface area contributed by atoms with Crippen molar-refractivity contribution in [1.29, 1.82) is 0 Å². The minimum atomic E-state index is -0.328. The molecule has 2 rings (SSSR count). The lowest BCUT2D eigenvalue weighted by atomic mass is 10.1. The monoisotopic (exact) mass is 251 g/mol. The highest BCUT2D eigenvalue weighted by Crippen LogP contribution is 2.20. The molecule has 0 bridgehead atoms. The zero-order valence-electron chi connectivity index (χ0n) is 9.36. The molecule has 0 spiro atoms. The highest BCUT2D eigenvalue weighted by molar-refractivity contribution is 7.07. The van der Waals surface area contributed by atoms with E-state index in [-0.39, 0.29) is 11.6 Å². The first-order valence-corrected chi connectivity index (χ1v) is 6.36. The second-order valence-electron chi connectivity index (χ2n) is 3.72. The molecule has 1 aromatic carbocycles. The summed E-state index contributed by atoms with van der Waals surface area (Å²) in [6.45, 7) is 0.922. The van der Waals surface area contributed by atoms with Crippen molar-refractivity contribution in [2.24, 2.45) is 5.73 Å². The summed E-state index contributed by atoms with van der Waals surface area (Å²) in [5, 5.41) is 3.96. The van der Waals surface area contributed by atoms with Crippen molar-refractivity contribution in [2.45, 2.75) is 13.0 Å². The second kappa shape index (κ2) is 5.80. The van der Waals surface area contributed by atoms with Crippen molar-refractivity contribution in [3.63, 3.8) is 0 Å². The van der Waals surface area contributed by atoms with Gasteiger partial charge in [-0.05, 0) is 53.1 Å². The van der Waals surface area contributed by atoms with Crippen LogP contribution in [0.3, 0.4) is 0 Å². The minimum Gasteiger partial charge on any atom is -0.486 e. The molecule has 2 nitrogen and oxygen atoms in total. The van der Waals surface area contributed by atoms with Gasteiger partial charge >= 0.3 is 0 Å². The summed E-state index contributed by atoms with van der Waals surface area (Å²) in [6.07, 6.45) is 0.682. The van der Waals surface area contributed by atoms with Crippen molar-refractivity contribution >= 4 is 11.3 Å². The topological polar surface area (TPSA) is 35.2 Å². The van der Waals surface area contributed by atoms with Crippen molar-refractivity contribution in [3.05, 3.63) is 52.0 Å². The Kier molecular flexibility index (Phi) is 4.12. The van der Waals surface area contributed by atoms with Crippen LogP contribution in [-0.2, 0) is 13.0 Å². The van der Waals surface area contributed by atoms with Gasteiger partial charge < -0.3 is 10.5 Å². The van der Waals surface area contributed by atoms with Crippen molar-refractivity contribution in [2.75, 3.05) is 6.54 Å². The molecule has 2 aromatic rings. The van der Waals surface area contributed by atoms with Crippen LogP contribution >= 0.6 is 11.3 Å². The summed E-state index contributed by atoms with van der Waals surface area (Å²) < 4.78 is 19.1. The largest absolute Gasteiger partial charge is 0.486 e. The second-order valence-corrected chi connectivity index (χ2v) is 4.50. The van der Waals surface area contributed by atoms with Crippen molar-refractivity contribution < 1.29 is 9.13 Å². The first kappa shape index (κ1) is 12.1. The van der Waals surface area contributed by atoms with Crippen LogP contribution in [0.4, 0.5) is 4.39 Å². The third kappa shape index (κ3) is 3.28. The minimum absolute atomic E-state index is 0.289. The number of benzene rings is 1. The van der Waals surface area contributed by atoms with E-state index in [9.17, 15) is 4.39 Å². The summed E-state index contributed by atoms with van der Waals surface area (Å²) in [7, 11) is 0. The molecule has 0 aliphatic heterocycles. The number of nitrogens with two attached hydrogens (primary N) is 1. The van der Waals surface area contributed by atoms with E-state index in [0.29, 0.717) is 19.6 Å². The predicted octanol–water partition coefficient (Wildman–Crippen LogP) is 2.97. The highest BCUT2D eigenvalue weighted by atomic mass is 32.1. The molecule has 2 N–H and O–H groups in total. The molecule has 0 aliphatic rings. The summed E-state index contributed by atoms with van der Waals surface area (Å²) in [4.78, 5) is 0. The van der Waals surface area contributed by atoms with E-state index in [0.717, 1.165) is 11.1 Å². The Labute approximate surface area is 104 Å². The molecule has 0 radical (unpaired) electrons. The van der Waals surface area contributed by atoms with Gasteiger partial charge in [0.2, 0.25) is 0 Å². The Balaban J connectivity index is 2.01. The lowest BCUT2D eigenvalue weighted by molar-refractivity contribution is 0.290. The number of ether oxygens (including phenoxy) is 1. The van der Waals surface area contributed by atoms with E-state index in [1.165, 1.54) is 6.07 Å². The summed E-state index contributed by atoms with van der Waals surface area (Å²) in [6, 6.07) is 6.95. The van der Waals surface area contributed by atoms with Crippen LogP contribution in [0.2, 0.25) is 0 Å². The van der Waals surface area contributed by atoms with Gasteiger partial charge in [-0.1, -0.05) is 6.07 Å². The van der Waals surface area contributed by atoms with E-state index >= 15 is 0 Å². The smallest absolute Gasteiger partial charge is 0.165 e. The molecule has 0 unspecified atom stereocenters. The van der Waals surface area contributed by atoms with E-state index in [1.807, 2.05) is 22.9 Å². The lowest BCUT2D eigenvalue weighted by Crippen LogP contribution is -2.03. The molecule has 1 aromatic heterocycles. The maximum atomic E-state index is 13.6. The van der Waals surface area contributed by atoms with Crippen LogP contribution in [0.15, 0.2) is 35.0 Å². The molecular formula is C13H14FNOS. The Bertz CT molecular complexity index is 470. The fraction of sp³-hybridized carbons (Fsp3) is 0.231. The van der Waals surface area contributed by atoms with Crippen LogP contribution in [0.1, 0.15) is 11.1 Å². The lowest BCUT2D eigenvalue weighted by Gasteiger charge is -2.07. The number of hydrogen-bond acceptors (Lipinski definition) is 3. The van der Waals surface area contributed by atoms with Crippen LogP contribution in [0, 0.1) is 5.82 Å². The van der Waals surface area contributed by atoms with Crippen LogP contribution in [-0.4, -0.2) is 6.54 Å². The number of hydrogen-bond donors (Lipinski definition) is 1. The standard InChI is InChI=1S/C13H14FNOS/c14-12-7-10(3-5-15)1-2-13(12)16-8-11-4-6-17-9-11/h1-2,4,6-7,9H,3,5,8,15H2. The fourth-order valence-corrected chi connectivity index (χ4v) is 2.17. The van der Waals surface area contributed by atoms with Gasteiger partial charge in [0.25, 0.3) is 0 Å². The van der Waals surface area contributed by atoms with E-state index in [1.54, 1.807) is 17.4 Å². The van der Waals surface area contributed by atoms with Crippen LogP contribution in [0.25, 0.3) is 0 Å². The Morgan fingerprint density at radius 1 is 1.24 bits per heavy atom. The molecule has 90 valence electrons. The van der Waals surface area contributed by atoms with Gasteiger partial charge in [-0.15, -0.1) is 0 Å². The third-order valence-electron chi connectivity index (χ3n) is 2.40. The molecule has 17 heavy (non-hydrogen) atoms. The fourth-order valence-electron chi connectivity index (χ4n) is 1.52. The van der Waals surface area contributed by atoms with Gasteiger partial charge in [0, 0.05) is 0 Å². The first-order chi connectivity index (χ1) is 8.29. The molecule has 0 fully saturated rings. The molecule has 4 heteroatoms. The summed E-state index contributed by atoms with van der Waals surface area (Å²) in [5.41, 5.74) is 7.37. The molecule has 0 aliphatic carbocycles. The van der Waals surface area contributed by atoms with Gasteiger partial charge in [0.1, 0.15) is 6.61 Å². The van der Waals surface area contributed by atoms with Crippen molar-refractivity contribution in [1.82, 2.24) is 0 Å². The van der Waals surface area contributed by atoms with Gasteiger partial charge in [-0.2, -0.15) is 11.3 Å². The quantitative estimate of drug-likeness (QED) is 0.886. The van der Waals surface area contributed by atoms with E-state index < -0.39 is 0 Å². The highest BCUT2D eigenvalue weighted by Gasteiger charge is 2.05. The van der Waals surface area contributed by atoms with Crippen LogP contribution in [0.5, 0.6) is 5.75 Å². The van der Waals surface area contributed by atoms with E-state index in [2.05, 4.69) is 0 Å². The summed E-state index contributed by atoms with van der Waals surface area (Å²) in [5.74, 6) is -0.0387. The molecule has 0 amide bonds. The molecule has 0 atom stereocenters. The van der Waals surface area contributed by atoms with Gasteiger partial charge in [0.05, 0.1) is 0 Å². The normalized spacial score (nSPS) is 10.5. The van der Waals surface area contributed by atoms with Gasteiger partial charge in [-0.3, -0.25) is 0 Å². The maximum absolute atomic E-state index is 13.6. The van der Waals surface area contributed by atoms with Gasteiger partial charge in [0.15, 0.2) is 11.6 Å². The average Bonchev–Trinajstić information content (AvgIpc) is 2.81. The summed E-state index contributed by atoms with van der Waals surface area (Å²) >= 11 is 1.60. The van der Waals surface area contributed by atoms with Crippen molar-refractivity contribution in [3.8, 4) is 5.75 Å².